The average Bonchev–Trinajstić information content (AvgIpc) is 3.34. The van der Waals surface area contributed by atoms with E-state index < -0.39 is 0 Å². The van der Waals surface area contributed by atoms with Crippen molar-refractivity contribution in [2.45, 2.75) is 26.2 Å². The van der Waals surface area contributed by atoms with E-state index in [1.807, 2.05) is 6.92 Å². The average molecular weight is 503 g/mol. The number of carbonyl (C=O) groups is 3. The van der Waals surface area contributed by atoms with Crippen molar-refractivity contribution < 1.29 is 14.4 Å². The van der Waals surface area contributed by atoms with Crippen LogP contribution in [0, 0.1) is 23.7 Å². The summed E-state index contributed by atoms with van der Waals surface area (Å²) in [4.78, 5) is 42.3. The number of hydrogen-bond donors (Lipinski definition) is 3. The number of aliphatic imine (C=N–C) groups is 1. The quantitative estimate of drug-likeness (QED) is 0.147. The summed E-state index contributed by atoms with van der Waals surface area (Å²) in [5, 5.41) is 8.99. The van der Waals surface area contributed by atoms with Crippen molar-refractivity contribution in [3.8, 4) is 0 Å². The third-order valence-electron chi connectivity index (χ3n) is 5.63. The fourth-order valence-corrected chi connectivity index (χ4v) is 4.34. The van der Waals surface area contributed by atoms with Crippen molar-refractivity contribution in [1.29, 1.82) is 0 Å². The third kappa shape index (κ3) is 4.66. The van der Waals surface area contributed by atoms with Gasteiger partial charge in [0.25, 0.3) is 0 Å². The van der Waals surface area contributed by atoms with Gasteiger partial charge in [-0.1, -0.05) is 19.1 Å². The van der Waals surface area contributed by atoms with E-state index in [4.69, 9.17) is 0 Å². The molecule has 8 nitrogen and oxygen atoms in total. The lowest BCUT2D eigenvalue weighted by Crippen LogP contribution is -2.44. The molecule has 4 unspecified atom stereocenters. The highest BCUT2D eigenvalue weighted by Gasteiger charge is 2.58. The van der Waals surface area contributed by atoms with Gasteiger partial charge in [0, 0.05) is 39.6 Å². The third-order valence-corrected chi connectivity index (χ3v) is 5.63. The number of rotatable bonds is 8. The molecule has 2 bridgehead atoms. The first-order valence-corrected chi connectivity index (χ1v) is 9.81. The molecule has 3 amide bonds. The molecular formula is C19H30IN5O3. The minimum atomic E-state index is -0.147. The van der Waals surface area contributed by atoms with Crippen LogP contribution in [0.1, 0.15) is 26.2 Å². The summed E-state index contributed by atoms with van der Waals surface area (Å²) in [7, 11) is 1.65. The number of guanidine groups is 1. The molecule has 28 heavy (non-hydrogen) atoms. The number of hydrogen-bond acceptors (Lipinski definition) is 4. The Labute approximate surface area is 183 Å². The van der Waals surface area contributed by atoms with E-state index in [0.717, 1.165) is 12.8 Å². The normalized spacial score (nSPS) is 27.6. The van der Waals surface area contributed by atoms with Gasteiger partial charge in [0.2, 0.25) is 17.7 Å². The van der Waals surface area contributed by atoms with Gasteiger partial charge >= 0.3 is 0 Å². The summed E-state index contributed by atoms with van der Waals surface area (Å²) in [5.41, 5.74) is 0. The predicted octanol–water partition coefficient (Wildman–Crippen LogP) is 0.493. The Morgan fingerprint density at radius 1 is 1.07 bits per heavy atom. The first-order chi connectivity index (χ1) is 13.1. The minimum Gasteiger partial charge on any atom is -0.356 e. The number of carbonyl (C=O) groups excluding carboxylic acids is 3. The number of fused-ring (bicyclic) bond motifs is 5. The number of nitrogens with one attached hydrogen (secondary N) is 3. The Kier molecular flexibility index (Phi) is 8.26. The number of allylic oxidation sites excluding steroid dienone is 2. The summed E-state index contributed by atoms with van der Waals surface area (Å²) < 4.78 is 0. The monoisotopic (exact) mass is 503 g/mol. The number of imide groups is 1. The smallest absolute Gasteiger partial charge is 0.233 e. The highest BCUT2D eigenvalue weighted by atomic mass is 127. The van der Waals surface area contributed by atoms with Crippen LogP contribution in [0.2, 0.25) is 0 Å². The van der Waals surface area contributed by atoms with E-state index in [1.54, 1.807) is 7.05 Å². The van der Waals surface area contributed by atoms with E-state index in [0.29, 0.717) is 38.6 Å². The molecule has 1 saturated heterocycles. The van der Waals surface area contributed by atoms with E-state index >= 15 is 0 Å². The van der Waals surface area contributed by atoms with Gasteiger partial charge in [0.05, 0.1) is 11.8 Å². The highest BCUT2D eigenvalue weighted by molar-refractivity contribution is 14.0. The second-order valence-corrected chi connectivity index (χ2v) is 7.35. The van der Waals surface area contributed by atoms with E-state index in [9.17, 15) is 14.4 Å². The van der Waals surface area contributed by atoms with Crippen LogP contribution in [-0.4, -0.2) is 61.8 Å². The zero-order valence-electron chi connectivity index (χ0n) is 16.4. The minimum absolute atomic E-state index is 0. The molecular weight excluding hydrogens is 473 g/mol. The van der Waals surface area contributed by atoms with Crippen molar-refractivity contribution in [2.24, 2.45) is 28.7 Å². The first-order valence-electron chi connectivity index (χ1n) is 9.81. The fraction of sp³-hybridized carbons (Fsp3) is 0.684. The lowest BCUT2D eigenvalue weighted by molar-refractivity contribution is -0.140. The van der Waals surface area contributed by atoms with Crippen LogP contribution in [0.3, 0.4) is 0 Å². The molecule has 3 rings (SSSR count). The van der Waals surface area contributed by atoms with Gasteiger partial charge in [0.1, 0.15) is 0 Å². The predicted molar refractivity (Wildman–Crippen MR) is 117 cm³/mol. The Bertz CT molecular complexity index is 636. The Morgan fingerprint density at radius 3 is 2.25 bits per heavy atom. The van der Waals surface area contributed by atoms with Crippen LogP contribution in [0.15, 0.2) is 17.1 Å². The van der Waals surface area contributed by atoms with Gasteiger partial charge in [-0.3, -0.25) is 24.3 Å². The Hall–Kier alpha value is -1.65. The second kappa shape index (κ2) is 10.2. The van der Waals surface area contributed by atoms with Crippen LogP contribution in [0.25, 0.3) is 0 Å². The van der Waals surface area contributed by atoms with Gasteiger partial charge in [-0.25, -0.2) is 0 Å². The number of halogens is 1. The lowest BCUT2D eigenvalue weighted by atomic mass is 9.85. The summed E-state index contributed by atoms with van der Waals surface area (Å²) in [5.74, 6) is 0.684. The first kappa shape index (κ1) is 22.6. The van der Waals surface area contributed by atoms with E-state index in [2.05, 4.69) is 33.1 Å². The SMILES string of the molecule is CCCNC(=O)CCNC(=NC)NCCN1C(=O)C2C3C=CC(C3)C2C1=O.I. The molecule has 2 aliphatic carbocycles. The van der Waals surface area contributed by atoms with Crippen molar-refractivity contribution >= 4 is 47.7 Å². The molecule has 1 heterocycles. The molecule has 4 atom stereocenters. The zero-order chi connectivity index (χ0) is 19.4. The number of likely N-dealkylation sites (tertiary alicyclic amines) is 1. The zero-order valence-corrected chi connectivity index (χ0v) is 18.8. The molecule has 3 N–H and O–H groups in total. The van der Waals surface area contributed by atoms with Crippen LogP contribution in [0.4, 0.5) is 0 Å². The van der Waals surface area contributed by atoms with Crippen LogP contribution >= 0.6 is 24.0 Å². The molecule has 3 aliphatic rings. The van der Waals surface area contributed by atoms with Gasteiger partial charge in [-0.15, -0.1) is 24.0 Å². The Morgan fingerprint density at radius 2 is 1.68 bits per heavy atom. The molecule has 0 aromatic heterocycles. The largest absolute Gasteiger partial charge is 0.356 e. The molecule has 9 heteroatoms. The lowest BCUT2D eigenvalue weighted by Gasteiger charge is -2.18. The maximum Gasteiger partial charge on any atom is 0.233 e. The van der Waals surface area contributed by atoms with Crippen molar-refractivity contribution in [2.75, 3.05) is 33.2 Å². The van der Waals surface area contributed by atoms with Gasteiger partial charge in [-0.2, -0.15) is 0 Å². The summed E-state index contributed by atoms with van der Waals surface area (Å²) in [6, 6.07) is 0. The van der Waals surface area contributed by atoms with Crippen LogP contribution in [-0.2, 0) is 14.4 Å². The van der Waals surface area contributed by atoms with Crippen LogP contribution < -0.4 is 16.0 Å². The molecule has 156 valence electrons. The molecule has 1 aliphatic heterocycles. The fourth-order valence-electron chi connectivity index (χ4n) is 4.34. The standard InChI is InChI=1S/C19H29N5O3.HI/c1-3-7-21-14(25)6-8-22-19(20-2)23-9-10-24-17(26)15-12-4-5-13(11-12)16(15)18(24)27;/h4-5,12-13,15-16H,3,6-11H2,1-2H3,(H,21,25)(H2,20,22,23);1H. The maximum atomic E-state index is 12.6. The Balaban J connectivity index is 0.00000280. The second-order valence-electron chi connectivity index (χ2n) is 7.35. The molecule has 0 radical (unpaired) electrons. The maximum absolute atomic E-state index is 12.6. The highest BCUT2D eigenvalue weighted by Crippen LogP contribution is 2.52. The van der Waals surface area contributed by atoms with Gasteiger partial charge in [0.15, 0.2) is 5.96 Å². The molecule has 0 aromatic carbocycles. The molecule has 1 saturated carbocycles. The molecule has 0 aromatic rings. The topological polar surface area (TPSA) is 103 Å². The van der Waals surface area contributed by atoms with Crippen molar-refractivity contribution in [3.05, 3.63) is 12.2 Å². The van der Waals surface area contributed by atoms with Crippen molar-refractivity contribution in [1.82, 2.24) is 20.9 Å². The van der Waals surface area contributed by atoms with Crippen LogP contribution in [0.5, 0.6) is 0 Å². The number of amides is 3. The summed E-state index contributed by atoms with van der Waals surface area (Å²) in [6.45, 7) is 3.93. The van der Waals surface area contributed by atoms with E-state index in [1.165, 1.54) is 4.90 Å². The van der Waals surface area contributed by atoms with Crippen molar-refractivity contribution in [3.63, 3.8) is 0 Å². The summed E-state index contributed by atoms with van der Waals surface area (Å²) >= 11 is 0. The molecule has 0 spiro atoms. The summed E-state index contributed by atoms with van der Waals surface area (Å²) in [6.07, 6.45) is 6.42. The van der Waals surface area contributed by atoms with Gasteiger partial charge < -0.3 is 16.0 Å². The number of nitrogens with zero attached hydrogens (tertiary/aromatic N) is 2. The molecule has 2 fully saturated rings. The van der Waals surface area contributed by atoms with E-state index in [-0.39, 0.29) is 65.4 Å². The van der Waals surface area contributed by atoms with Gasteiger partial charge in [-0.05, 0) is 24.7 Å².